The number of cyclic esters (lactones) is 1. The number of halogens is 2. The number of nitrogens with one attached hydrogen (secondary N) is 2. The second-order valence-corrected chi connectivity index (χ2v) is 6.83. The zero-order chi connectivity index (χ0) is 21.1. The summed E-state index contributed by atoms with van der Waals surface area (Å²) < 4.78 is 19.7. The predicted molar refractivity (Wildman–Crippen MR) is 108 cm³/mol. The van der Waals surface area contributed by atoms with Gasteiger partial charge < -0.3 is 15.4 Å². The van der Waals surface area contributed by atoms with E-state index < -0.39 is 36.0 Å². The lowest BCUT2D eigenvalue weighted by Crippen LogP contribution is -2.44. The van der Waals surface area contributed by atoms with E-state index in [4.69, 9.17) is 16.3 Å². The van der Waals surface area contributed by atoms with Gasteiger partial charge in [0.25, 0.3) is 5.91 Å². The summed E-state index contributed by atoms with van der Waals surface area (Å²) in [5.41, 5.74) is 0.318. The highest BCUT2D eigenvalue weighted by Gasteiger charge is 2.40. The Labute approximate surface area is 175 Å². The first kappa shape index (κ1) is 20.9. The van der Waals surface area contributed by atoms with Gasteiger partial charge in [-0.1, -0.05) is 11.6 Å². The van der Waals surface area contributed by atoms with Crippen molar-refractivity contribution in [3.63, 3.8) is 0 Å². The molecule has 1 aromatic heterocycles. The monoisotopic (exact) mass is 438 g/mol. The minimum Gasteiger partial charge on any atom is -0.423 e. The second-order valence-electron chi connectivity index (χ2n) is 6.13. The number of amides is 3. The molecule has 0 radical (unpaired) electrons. The van der Waals surface area contributed by atoms with Gasteiger partial charge in [-0.2, -0.15) is 12.6 Å². The van der Waals surface area contributed by atoms with Crippen LogP contribution in [-0.4, -0.2) is 40.9 Å². The normalized spacial score (nSPS) is 18.3. The molecule has 2 aromatic rings. The molecule has 1 saturated heterocycles. The van der Waals surface area contributed by atoms with Gasteiger partial charge in [-0.3, -0.25) is 14.5 Å². The van der Waals surface area contributed by atoms with Crippen LogP contribution in [0.4, 0.5) is 20.6 Å². The predicted octanol–water partition coefficient (Wildman–Crippen LogP) is 2.84. The number of aromatic nitrogens is 1. The highest BCUT2D eigenvalue weighted by atomic mass is 35.5. The third-order valence-corrected chi connectivity index (χ3v) is 4.69. The van der Waals surface area contributed by atoms with Crippen LogP contribution in [-0.2, 0) is 9.53 Å². The molecule has 1 aromatic carbocycles. The number of ether oxygens (including phenoxy) is 1. The number of rotatable bonds is 5. The lowest BCUT2D eigenvalue weighted by atomic mass is 10.1. The van der Waals surface area contributed by atoms with E-state index in [-0.39, 0.29) is 22.2 Å². The number of anilines is 2. The zero-order valence-corrected chi connectivity index (χ0v) is 16.7. The van der Waals surface area contributed by atoms with Crippen molar-refractivity contribution < 1.29 is 23.5 Å². The number of hydrogen-bond acceptors (Lipinski definition) is 6. The highest BCUT2D eigenvalue weighted by Crippen LogP contribution is 2.28. The summed E-state index contributed by atoms with van der Waals surface area (Å²) in [5, 5.41) is 5.28. The standard InChI is InChI=1S/C18H16ClFN4O4S/c1-9-17(23-15(25)8-29)28-18(27)24(9)11-3-4-12(13(20)6-11)16(26)22-10-2-5-14(19)21-7-10/h2-7,9,17,29H,8H2,1H3,(H,22,26)(H,23,25)/t9?,17-/m0/s1. The van der Waals surface area contributed by atoms with E-state index in [9.17, 15) is 18.8 Å². The Balaban J connectivity index is 1.76. The Morgan fingerprint density at radius 1 is 1.34 bits per heavy atom. The molecule has 1 aliphatic heterocycles. The van der Waals surface area contributed by atoms with Crippen molar-refractivity contribution in [1.29, 1.82) is 0 Å². The number of carbonyl (C=O) groups excluding carboxylic acids is 3. The highest BCUT2D eigenvalue weighted by molar-refractivity contribution is 7.81. The molecule has 29 heavy (non-hydrogen) atoms. The van der Waals surface area contributed by atoms with Gasteiger partial charge in [0.2, 0.25) is 5.91 Å². The van der Waals surface area contributed by atoms with Gasteiger partial charge in [-0.25, -0.2) is 14.2 Å². The molecule has 0 saturated carbocycles. The van der Waals surface area contributed by atoms with E-state index in [2.05, 4.69) is 28.2 Å². The fourth-order valence-electron chi connectivity index (χ4n) is 2.75. The number of nitrogens with zero attached hydrogens (tertiary/aromatic N) is 2. The second kappa shape index (κ2) is 8.66. The van der Waals surface area contributed by atoms with E-state index in [1.165, 1.54) is 35.4 Å². The summed E-state index contributed by atoms with van der Waals surface area (Å²) in [4.78, 5) is 41.0. The number of carbonyl (C=O) groups is 3. The van der Waals surface area contributed by atoms with Crippen LogP contribution in [0.2, 0.25) is 5.15 Å². The van der Waals surface area contributed by atoms with Gasteiger partial charge in [0.1, 0.15) is 11.0 Å². The molecule has 2 atom stereocenters. The maximum Gasteiger partial charge on any atom is 0.416 e. The van der Waals surface area contributed by atoms with Crippen molar-refractivity contribution in [2.45, 2.75) is 19.2 Å². The van der Waals surface area contributed by atoms with Gasteiger partial charge in [0.05, 0.1) is 34.9 Å². The van der Waals surface area contributed by atoms with Crippen LogP contribution in [0.3, 0.4) is 0 Å². The molecule has 0 aliphatic carbocycles. The molecule has 3 amide bonds. The molecule has 8 nitrogen and oxygen atoms in total. The average molecular weight is 439 g/mol. The first-order valence-corrected chi connectivity index (χ1v) is 9.43. The SMILES string of the molecule is CC1[C@@H](NC(=O)CS)OC(=O)N1c1ccc(C(=O)Nc2ccc(Cl)nc2)c(F)c1. The van der Waals surface area contributed by atoms with Gasteiger partial charge in [0.15, 0.2) is 6.23 Å². The van der Waals surface area contributed by atoms with Gasteiger partial charge >= 0.3 is 6.09 Å². The van der Waals surface area contributed by atoms with E-state index >= 15 is 0 Å². The molecule has 2 heterocycles. The summed E-state index contributed by atoms with van der Waals surface area (Å²) in [6, 6.07) is 6.14. The fourth-order valence-corrected chi connectivity index (χ4v) is 2.95. The largest absolute Gasteiger partial charge is 0.423 e. The Hall–Kier alpha value is -2.85. The molecule has 0 bridgehead atoms. The van der Waals surface area contributed by atoms with Gasteiger partial charge in [0, 0.05) is 0 Å². The first-order valence-electron chi connectivity index (χ1n) is 8.42. The molecule has 11 heteroatoms. The Kier molecular flexibility index (Phi) is 6.23. The van der Waals surface area contributed by atoms with Crippen LogP contribution in [0.5, 0.6) is 0 Å². The Bertz CT molecular complexity index is 959. The summed E-state index contributed by atoms with van der Waals surface area (Å²) in [6.07, 6.45) is -0.301. The van der Waals surface area contributed by atoms with E-state index in [1.807, 2.05) is 0 Å². The number of thiol groups is 1. The topological polar surface area (TPSA) is 101 Å². The van der Waals surface area contributed by atoms with Crippen LogP contribution in [0.25, 0.3) is 0 Å². The fraction of sp³-hybridized carbons (Fsp3) is 0.222. The quantitative estimate of drug-likeness (QED) is 0.492. The molecule has 2 N–H and O–H groups in total. The number of hydrogen-bond donors (Lipinski definition) is 3. The maximum absolute atomic E-state index is 14.6. The summed E-state index contributed by atoms with van der Waals surface area (Å²) in [7, 11) is 0. The molecule has 3 rings (SSSR count). The summed E-state index contributed by atoms with van der Waals surface area (Å²) >= 11 is 9.54. The van der Waals surface area contributed by atoms with Crippen molar-refractivity contribution in [2.24, 2.45) is 0 Å². The van der Waals surface area contributed by atoms with Crippen molar-refractivity contribution >= 4 is 53.5 Å². The molecular formula is C18H16ClFN4O4S. The van der Waals surface area contributed by atoms with Crippen LogP contribution < -0.4 is 15.5 Å². The molecule has 1 aliphatic rings. The van der Waals surface area contributed by atoms with Crippen LogP contribution >= 0.6 is 24.2 Å². The third kappa shape index (κ3) is 4.60. The van der Waals surface area contributed by atoms with E-state index in [0.717, 1.165) is 6.07 Å². The van der Waals surface area contributed by atoms with Crippen LogP contribution in [0.1, 0.15) is 17.3 Å². The summed E-state index contributed by atoms with van der Waals surface area (Å²) in [5.74, 6) is -1.99. The first-order chi connectivity index (χ1) is 13.8. The Morgan fingerprint density at radius 2 is 2.10 bits per heavy atom. The van der Waals surface area contributed by atoms with Crippen molar-refractivity contribution in [1.82, 2.24) is 10.3 Å². The average Bonchev–Trinajstić information content (AvgIpc) is 2.96. The summed E-state index contributed by atoms with van der Waals surface area (Å²) in [6.45, 7) is 1.64. The maximum atomic E-state index is 14.6. The van der Waals surface area contributed by atoms with Crippen molar-refractivity contribution in [3.05, 3.63) is 53.1 Å². The van der Waals surface area contributed by atoms with Crippen molar-refractivity contribution in [3.8, 4) is 0 Å². The lowest BCUT2D eigenvalue weighted by molar-refractivity contribution is -0.121. The molecule has 1 unspecified atom stereocenters. The number of pyridine rings is 1. The number of benzene rings is 1. The van der Waals surface area contributed by atoms with Gasteiger partial charge in [-0.05, 0) is 37.3 Å². The molecule has 0 spiro atoms. The molecular weight excluding hydrogens is 423 g/mol. The van der Waals surface area contributed by atoms with E-state index in [0.29, 0.717) is 5.69 Å². The van der Waals surface area contributed by atoms with Crippen LogP contribution in [0.15, 0.2) is 36.5 Å². The van der Waals surface area contributed by atoms with Crippen LogP contribution in [0, 0.1) is 5.82 Å². The Morgan fingerprint density at radius 3 is 2.72 bits per heavy atom. The zero-order valence-electron chi connectivity index (χ0n) is 15.1. The smallest absolute Gasteiger partial charge is 0.416 e. The van der Waals surface area contributed by atoms with Gasteiger partial charge in [-0.15, -0.1) is 0 Å². The third-order valence-electron chi connectivity index (χ3n) is 4.18. The lowest BCUT2D eigenvalue weighted by Gasteiger charge is -2.21. The molecule has 1 fully saturated rings. The molecule has 152 valence electrons. The minimum atomic E-state index is -0.898. The minimum absolute atomic E-state index is 0.0671. The van der Waals surface area contributed by atoms with Crippen molar-refractivity contribution in [2.75, 3.05) is 16.0 Å². The van der Waals surface area contributed by atoms with E-state index in [1.54, 1.807) is 6.92 Å².